The lowest BCUT2D eigenvalue weighted by molar-refractivity contribution is -0.154. The summed E-state index contributed by atoms with van der Waals surface area (Å²) in [6, 6.07) is -0.242. The molecule has 1 aliphatic heterocycles. The quantitative estimate of drug-likeness (QED) is 0.636. The molecule has 1 saturated carbocycles. The molecule has 9 heteroatoms. The van der Waals surface area contributed by atoms with Crippen LogP contribution in [0.15, 0.2) is 0 Å². The second kappa shape index (κ2) is 9.95. The van der Waals surface area contributed by atoms with Crippen LogP contribution in [0.5, 0.6) is 0 Å². The number of hydrogen-bond acceptors (Lipinski definition) is 8. The van der Waals surface area contributed by atoms with Gasteiger partial charge in [-0.25, -0.2) is 0 Å². The lowest BCUT2D eigenvalue weighted by Gasteiger charge is -2.42. The fourth-order valence-corrected chi connectivity index (χ4v) is 4.43. The highest BCUT2D eigenvalue weighted by molar-refractivity contribution is 5.76. The van der Waals surface area contributed by atoms with Gasteiger partial charge in [-0.1, -0.05) is 11.6 Å². The fraction of sp³-hybridized carbons (Fsp3) is 0.842. The van der Waals surface area contributed by atoms with E-state index in [0.717, 1.165) is 38.1 Å². The highest BCUT2D eigenvalue weighted by atomic mass is 16.6. The lowest BCUT2D eigenvalue weighted by Crippen LogP contribution is -2.50. The van der Waals surface area contributed by atoms with Gasteiger partial charge in [-0.2, -0.15) is 5.21 Å². The Kier molecular flexibility index (Phi) is 7.36. The Balaban J connectivity index is 1.42. The molecule has 1 aromatic rings. The number of carbonyl (C=O) groups excluding carboxylic acids is 2. The predicted molar refractivity (Wildman–Crippen MR) is 100 cm³/mol. The monoisotopic (exact) mass is 393 g/mol. The zero-order valence-corrected chi connectivity index (χ0v) is 16.7. The van der Waals surface area contributed by atoms with E-state index in [2.05, 4.69) is 25.9 Å². The second-order valence-electron chi connectivity index (χ2n) is 8.14. The van der Waals surface area contributed by atoms with E-state index in [1.54, 1.807) is 0 Å². The van der Waals surface area contributed by atoms with Crippen molar-refractivity contribution in [2.45, 2.75) is 70.9 Å². The van der Waals surface area contributed by atoms with Crippen LogP contribution in [-0.4, -0.2) is 57.9 Å². The maximum atomic E-state index is 12.5. The van der Waals surface area contributed by atoms with Crippen molar-refractivity contribution in [1.82, 2.24) is 25.9 Å². The molecule has 28 heavy (non-hydrogen) atoms. The number of nitrogens with one attached hydrogen (secondary N) is 2. The Morgan fingerprint density at radius 1 is 1.25 bits per heavy atom. The molecule has 9 nitrogen and oxygen atoms in total. The fourth-order valence-electron chi connectivity index (χ4n) is 4.43. The minimum Gasteiger partial charge on any atom is -0.466 e. The maximum Gasteiger partial charge on any atom is 0.323 e. The number of esters is 2. The smallest absolute Gasteiger partial charge is 0.323 e. The molecular formula is C19H31N5O4. The lowest BCUT2D eigenvalue weighted by atomic mass is 9.69. The summed E-state index contributed by atoms with van der Waals surface area (Å²) in [5.74, 6) is 2.12. The number of rotatable bonds is 8. The molecule has 0 amide bonds. The zero-order chi connectivity index (χ0) is 19.9. The molecule has 0 spiro atoms. The number of piperidine rings is 1. The number of nitrogens with zero attached hydrogens (tertiary/aromatic N) is 3. The summed E-state index contributed by atoms with van der Waals surface area (Å²) in [6.07, 6.45) is 6.58. The van der Waals surface area contributed by atoms with Crippen LogP contribution >= 0.6 is 0 Å². The van der Waals surface area contributed by atoms with E-state index in [-0.39, 0.29) is 30.7 Å². The normalized spacial score (nSPS) is 28.2. The largest absolute Gasteiger partial charge is 0.466 e. The third kappa shape index (κ3) is 5.98. The Bertz CT molecular complexity index is 638. The molecule has 0 unspecified atom stereocenters. The molecule has 0 bridgehead atoms. The summed E-state index contributed by atoms with van der Waals surface area (Å²) >= 11 is 0. The Hall–Kier alpha value is -2.03. The van der Waals surface area contributed by atoms with Crippen LogP contribution in [0.4, 0.5) is 0 Å². The van der Waals surface area contributed by atoms with Gasteiger partial charge in [0, 0.05) is 19.8 Å². The van der Waals surface area contributed by atoms with E-state index in [0.29, 0.717) is 24.2 Å². The second-order valence-corrected chi connectivity index (χ2v) is 8.14. The van der Waals surface area contributed by atoms with Crippen LogP contribution in [-0.2, 0) is 25.5 Å². The Morgan fingerprint density at radius 2 is 2.11 bits per heavy atom. The SMILES string of the molecule is CC(=O)OCC[C@H](C)OC(=O)[C@@H]1C[C@H]2C[C@@H](CCc3nn[nH]n3)CC[C@H]2CN1. The van der Waals surface area contributed by atoms with Crippen molar-refractivity contribution in [3.05, 3.63) is 5.82 Å². The Morgan fingerprint density at radius 3 is 2.86 bits per heavy atom. The summed E-state index contributed by atoms with van der Waals surface area (Å²) in [7, 11) is 0. The van der Waals surface area contributed by atoms with Gasteiger partial charge in [0.25, 0.3) is 0 Å². The van der Waals surface area contributed by atoms with Gasteiger partial charge in [0.1, 0.15) is 12.1 Å². The molecule has 2 fully saturated rings. The van der Waals surface area contributed by atoms with Crippen molar-refractivity contribution in [1.29, 1.82) is 0 Å². The molecule has 1 aliphatic carbocycles. The van der Waals surface area contributed by atoms with Crippen molar-refractivity contribution < 1.29 is 19.1 Å². The number of carbonyl (C=O) groups is 2. The van der Waals surface area contributed by atoms with Crippen molar-refractivity contribution in [2.24, 2.45) is 17.8 Å². The number of tetrazole rings is 1. The average molecular weight is 393 g/mol. The van der Waals surface area contributed by atoms with Crippen LogP contribution in [0.1, 0.15) is 58.2 Å². The minimum atomic E-state index is -0.315. The van der Waals surface area contributed by atoms with Gasteiger partial charge in [-0.3, -0.25) is 9.59 Å². The molecule has 2 aliphatic rings. The van der Waals surface area contributed by atoms with Gasteiger partial charge in [-0.15, -0.1) is 10.2 Å². The number of aromatic nitrogens is 4. The predicted octanol–water partition coefficient (Wildman–Crippen LogP) is 1.41. The van der Waals surface area contributed by atoms with Crippen LogP contribution in [0, 0.1) is 17.8 Å². The molecule has 2 heterocycles. The number of aromatic amines is 1. The number of ether oxygens (including phenoxy) is 2. The topological polar surface area (TPSA) is 119 Å². The molecule has 0 aromatic carbocycles. The van der Waals surface area contributed by atoms with Gasteiger partial charge >= 0.3 is 11.9 Å². The summed E-state index contributed by atoms with van der Waals surface area (Å²) in [5, 5.41) is 17.5. The maximum absolute atomic E-state index is 12.5. The number of fused-ring (bicyclic) bond motifs is 1. The highest BCUT2D eigenvalue weighted by Crippen LogP contribution is 2.40. The highest BCUT2D eigenvalue weighted by Gasteiger charge is 2.38. The first-order valence-corrected chi connectivity index (χ1v) is 10.3. The molecule has 2 N–H and O–H groups in total. The third-order valence-corrected chi connectivity index (χ3v) is 6.01. The molecule has 1 saturated heterocycles. The summed E-state index contributed by atoms with van der Waals surface area (Å²) in [6.45, 7) is 4.36. The standard InChI is InChI=1S/C19H31N5O4/c1-12(7-8-27-13(2)25)28-19(26)17-10-16-9-14(3-5-15(16)11-20-17)4-6-18-21-23-24-22-18/h12,14-17,20H,3-11H2,1-2H3,(H,21,22,23,24)/t12-,14+,15-,16+,17-/m0/s1. The van der Waals surface area contributed by atoms with Crippen LogP contribution < -0.4 is 5.32 Å². The van der Waals surface area contributed by atoms with Gasteiger partial charge in [0.05, 0.1) is 6.61 Å². The minimum absolute atomic E-state index is 0.192. The zero-order valence-electron chi connectivity index (χ0n) is 16.7. The molecule has 1 aromatic heterocycles. The van der Waals surface area contributed by atoms with E-state index in [4.69, 9.17) is 9.47 Å². The molecule has 5 atom stereocenters. The molecule has 156 valence electrons. The van der Waals surface area contributed by atoms with Crippen molar-refractivity contribution in [2.75, 3.05) is 13.2 Å². The average Bonchev–Trinajstić information content (AvgIpc) is 3.19. The van der Waals surface area contributed by atoms with Crippen molar-refractivity contribution >= 4 is 11.9 Å². The third-order valence-electron chi connectivity index (χ3n) is 6.01. The first kappa shape index (κ1) is 20.7. The van der Waals surface area contributed by atoms with E-state index in [1.807, 2.05) is 6.92 Å². The van der Waals surface area contributed by atoms with Crippen LogP contribution in [0.3, 0.4) is 0 Å². The van der Waals surface area contributed by atoms with Crippen LogP contribution in [0.2, 0.25) is 0 Å². The van der Waals surface area contributed by atoms with E-state index >= 15 is 0 Å². The Labute approximate surface area is 165 Å². The number of aryl methyl sites for hydroxylation is 1. The summed E-state index contributed by atoms with van der Waals surface area (Å²) in [5.41, 5.74) is 0. The molecule has 0 radical (unpaired) electrons. The molecular weight excluding hydrogens is 362 g/mol. The first-order chi connectivity index (χ1) is 13.5. The van der Waals surface area contributed by atoms with Gasteiger partial charge in [0.2, 0.25) is 0 Å². The van der Waals surface area contributed by atoms with Crippen LogP contribution in [0.25, 0.3) is 0 Å². The number of H-pyrrole nitrogens is 1. The first-order valence-electron chi connectivity index (χ1n) is 10.3. The number of hydrogen-bond donors (Lipinski definition) is 2. The van der Waals surface area contributed by atoms with E-state index < -0.39 is 0 Å². The van der Waals surface area contributed by atoms with E-state index in [9.17, 15) is 9.59 Å². The van der Waals surface area contributed by atoms with Crippen molar-refractivity contribution in [3.8, 4) is 0 Å². The summed E-state index contributed by atoms with van der Waals surface area (Å²) < 4.78 is 10.5. The van der Waals surface area contributed by atoms with Crippen molar-refractivity contribution in [3.63, 3.8) is 0 Å². The summed E-state index contributed by atoms with van der Waals surface area (Å²) in [4.78, 5) is 23.3. The van der Waals surface area contributed by atoms with Gasteiger partial charge in [0.15, 0.2) is 5.82 Å². The van der Waals surface area contributed by atoms with E-state index in [1.165, 1.54) is 19.8 Å². The van der Waals surface area contributed by atoms with Gasteiger partial charge in [-0.05, 0) is 56.9 Å². The van der Waals surface area contributed by atoms with Gasteiger partial charge < -0.3 is 14.8 Å². The molecule has 3 rings (SSSR count).